The predicted molar refractivity (Wildman–Crippen MR) is 86.6 cm³/mol. The largest absolute Gasteiger partial charge is 0.478 e. The number of benzene rings is 1. The summed E-state index contributed by atoms with van der Waals surface area (Å²) < 4.78 is 0. The van der Waals surface area contributed by atoms with Crippen LogP contribution in [0.1, 0.15) is 41.3 Å². The predicted octanol–water partition coefficient (Wildman–Crippen LogP) is 3.48. The molecule has 23 heavy (non-hydrogen) atoms. The summed E-state index contributed by atoms with van der Waals surface area (Å²) in [5.74, 6) is -0.167. The Hall–Kier alpha value is -2.56. The number of H-pyrrole nitrogens is 2. The van der Waals surface area contributed by atoms with E-state index in [1.165, 1.54) is 11.1 Å². The van der Waals surface area contributed by atoms with Crippen molar-refractivity contribution < 1.29 is 9.90 Å². The number of nitrogens with one attached hydrogen (secondary N) is 2. The Balaban J connectivity index is 1.84. The first-order chi connectivity index (χ1) is 11.1. The van der Waals surface area contributed by atoms with Crippen LogP contribution in [0.3, 0.4) is 0 Å². The summed E-state index contributed by atoms with van der Waals surface area (Å²) in [5.41, 5.74) is 6.16. The Bertz CT molecular complexity index is 960. The van der Waals surface area contributed by atoms with Gasteiger partial charge in [0.25, 0.3) is 0 Å². The van der Waals surface area contributed by atoms with Crippen LogP contribution in [-0.4, -0.2) is 26.3 Å². The molecule has 2 aromatic heterocycles. The van der Waals surface area contributed by atoms with E-state index in [0.717, 1.165) is 41.6 Å². The molecule has 0 amide bonds. The Kier molecular flexibility index (Phi) is 2.27. The van der Waals surface area contributed by atoms with E-state index >= 15 is 0 Å². The molecule has 0 unspecified atom stereocenters. The standard InChI is InChI=1S/C18H17N3O2/c1-9-5-18(6-9)7-11-8-19-21-15(11)16-14(18)12-4-10(17(22)23)2-3-13(12)20-16/h2-4,8-9,20H,5-7H2,1H3,(H,19,21)(H,22,23). The Labute approximate surface area is 132 Å². The second-order valence-electron chi connectivity index (χ2n) is 7.18. The highest BCUT2D eigenvalue weighted by atomic mass is 16.4. The first-order valence-electron chi connectivity index (χ1n) is 7.99. The van der Waals surface area contributed by atoms with Gasteiger partial charge in [-0.25, -0.2) is 4.79 Å². The fourth-order valence-corrected chi connectivity index (χ4v) is 4.80. The van der Waals surface area contributed by atoms with Gasteiger partial charge in [0.05, 0.1) is 23.1 Å². The fraction of sp³-hybridized carbons (Fsp3) is 0.333. The molecule has 5 nitrogen and oxygen atoms in total. The lowest BCUT2D eigenvalue weighted by atomic mass is 9.54. The van der Waals surface area contributed by atoms with E-state index in [4.69, 9.17) is 0 Å². The van der Waals surface area contributed by atoms with Gasteiger partial charge in [0.1, 0.15) is 0 Å². The molecule has 3 aromatic rings. The van der Waals surface area contributed by atoms with Crippen LogP contribution in [0.25, 0.3) is 22.3 Å². The van der Waals surface area contributed by atoms with Crippen molar-refractivity contribution in [2.45, 2.75) is 31.6 Å². The number of carbonyl (C=O) groups is 1. The van der Waals surface area contributed by atoms with E-state index in [1.807, 2.05) is 18.3 Å². The van der Waals surface area contributed by atoms with E-state index in [2.05, 4.69) is 22.1 Å². The molecule has 2 heterocycles. The number of hydrogen-bond acceptors (Lipinski definition) is 2. The Morgan fingerprint density at radius 2 is 2.17 bits per heavy atom. The maximum Gasteiger partial charge on any atom is 0.335 e. The fourth-order valence-electron chi connectivity index (χ4n) is 4.80. The summed E-state index contributed by atoms with van der Waals surface area (Å²) in [6.07, 6.45) is 5.21. The number of rotatable bonds is 1. The second-order valence-corrected chi connectivity index (χ2v) is 7.18. The Morgan fingerprint density at radius 3 is 2.91 bits per heavy atom. The van der Waals surface area contributed by atoms with Crippen LogP contribution in [0.4, 0.5) is 0 Å². The van der Waals surface area contributed by atoms with Crippen molar-refractivity contribution in [3.8, 4) is 11.4 Å². The van der Waals surface area contributed by atoms with Crippen molar-refractivity contribution in [1.82, 2.24) is 15.2 Å². The van der Waals surface area contributed by atoms with Crippen LogP contribution in [-0.2, 0) is 11.8 Å². The normalized spacial score (nSPS) is 25.2. The first-order valence-corrected chi connectivity index (χ1v) is 7.99. The van der Waals surface area contributed by atoms with E-state index in [-0.39, 0.29) is 5.41 Å². The molecular formula is C18H17N3O2. The number of aromatic amines is 2. The van der Waals surface area contributed by atoms with Gasteiger partial charge in [0.15, 0.2) is 0 Å². The molecular weight excluding hydrogens is 290 g/mol. The summed E-state index contributed by atoms with van der Waals surface area (Å²) >= 11 is 0. The number of aromatic carboxylic acids is 1. The van der Waals surface area contributed by atoms with Gasteiger partial charge in [-0.2, -0.15) is 5.10 Å². The third kappa shape index (κ3) is 1.57. The van der Waals surface area contributed by atoms with E-state index in [9.17, 15) is 9.90 Å². The second kappa shape index (κ2) is 4.04. The molecule has 1 aromatic carbocycles. The number of fused-ring (bicyclic) bond motifs is 6. The highest BCUT2D eigenvalue weighted by Crippen LogP contribution is 2.57. The van der Waals surface area contributed by atoms with Crippen LogP contribution < -0.4 is 0 Å². The number of hydrogen-bond donors (Lipinski definition) is 3. The average Bonchev–Trinajstić information content (AvgIpc) is 3.08. The summed E-state index contributed by atoms with van der Waals surface area (Å²) in [4.78, 5) is 14.9. The third-order valence-corrected chi connectivity index (χ3v) is 5.55. The summed E-state index contributed by atoms with van der Waals surface area (Å²) in [5, 5.41) is 17.7. The zero-order valence-corrected chi connectivity index (χ0v) is 12.8. The highest BCUT2D eigenvalue weighted by molar-refractivity contribution is 5.98. The van der Waals surface area contributed by atoms with Crippen LogP contribution in [0, 0.1) is 5.92 Å². The average molecular weight is 307 g/mol. The molecule has 2 aliphatic rings. The van der Waals surface area contributed by atoms with Crippen molar-refractivity contribution in [3.05, 3.63) is 41.1 Å². The van der Waals surface area contributed by atoms with Gasteiger partial charge < -0.3 is 10.1 Å². The molecule has 0 radical (unpaired) electrons. The lowest BCUT2D eigenvalue weighted by Crippen LogP contribution is -2.43. The van der Waals surface area contributed by atoms with Crippen molar-refractivity contribution in [1.29, 1.82) is 0 Å². The van der Waals surface area contributed by atoms with Crippen molar-refractivity contribution in [3.63, 3.8) is 0 Å². The van der Waals surface area contributed by atoms with Gasteiger partial charge in [-0.05, 0) is 48.9 Å². The minimum absolute atomic E-state index is 0.126. The van der Waals surface area contributed by atoms with Crippen molar-refractivity contribution >= 4 is 16.9 Å². The molecule has 0 bridgehead atoms. The smallest absolute Gasteiger partial charge is 0.335 e. The summed E-state index contributed by atoms with van der Waals surface area (Å²) in [6, 6.07) is 5.36. The van der Waals surface area contributed by atoms with Crippen molar-refractivity contribution in [2.75, 3.05) is 0 Å². The molecule has 5 heteroatoms. The number of carboxylic acids is 1. The van der Waals surface area contributed by atoms with Gasteiger partial charge >= 0.3 is 5.97 Å². The van der Waals surface area contributed by atoms with Crippen LogP contribution in [0.5, 0.6) is 0 Å². The molecule has 0 atom stereocenters. The molecule has 5 rings (SSSR count). The lowest BCUT2D eigenvalue weighted by Gasteiger charge is -2.49. The quantitative estimate of drug-likeness (QED) is 0.643. The summed E-state index contributed by atoms with van der Waals surface area (Å²) in [6.45, 7) is 2.29. The van der Waals surface area contributed by atoms with Crippen LogP contribution in [0.15, 0.2) is 24.4 Å². The molecule has 1 fully saturated rings. The number of carboxylic acid groups (broad SMARTS) is 1. The van der Waals surface area contributed by atoms with Gasteiger partial charge in [0, 0.05) is 21.9 Å². The number of nitrogens with zero attached hydrogens (tertiary/aromatic N) is 1. The molecule has 0 saturated heterocycles. The molecule has 116 valence electrons. The maximum absolute atomic E-state index is 11.4. The molecule has 3 N–H and O–H groups in total. The first kappa shape index (κ1) is 12.9. The molecule has 1 saturated carbocycles. The molecule has 1 spiro atoms. The minimum atomic E-state index is -0.879. The number of aromatic nitrogens is 3. The minimum Gasteiger partial charge on any atom is -0.478 e. The molecule has 0 aliphatic heterocycles. The zero-order chi connectivity index (χ0) is 15.8. The van der Waals surface area contributed by atoms with Crippen LogP contribution in [0.2, 0.25) is 0 Å². The summed E-state index contributed by atoms with van der Waals surface area (Å²) in [7, 11) is 0. The highest BCUT2D eigenvalue weighted by Gasteiger charge is 2.49. The van der Waals surface area contributed by atoms with Gasteiger partial charge in [-0.1, -0.05) is 6.92 Å². The van der Waals surface area contributed by atoms with Gasteiger partial charge in [0.2, 0.25) is 0 Å². The zero-order valence-electron chi connectivity index (χ0n) is 12.8. The lowest BCUT2D eigenvalue weighted by molar-refractivity contribution is 0.0697. The Morgan fingerprint density at radius 1 is 1.35 bits per heavy atom. The van der Waals surface area contributed by atoms with Gasteiger partial charge in [-0.3, -0.25) is 5.10 Å². The van der Waals surface area contributed by atoms with Gasteiger partial charge in [-0.15, -0.1) is 0 Å². The van der Waals surface area contributed by atoms with E-state index in [1.54, 1.807) is 6.07 Å². The van der Waals surface area contributed by atoms with Crippen LogP contribution >= 0.6 is 0 Å². The van der Waals surface area contributed by atoms with E-state index < -0.39 is 5.97 Å². The monoisotopic (exact) mass is 307 g/mol. The topological polar surface area (TPSA) is 81.8 Å². The maximum atomic E-state index is 11.4. The third-order valence-electron chi connectivity index (χ3n) is 5.55. The SMILES string of the molecule is CC1CC2(Cc3cn[nH]c3-c3[nH]c4ccc(C(=O)O)cc4c32)C1. The van der Waals surface area contributed by atoms with E-state index in [0.29, 0.717) is 11.5 Å². The molecule has 2 aliphatic carbocycles. The van der Waals surface area contributed by atoms with Crippen molar-refractivity contribution in [2.24, 2.45) is 5.92 Å².